The quantitative estimate of drug-likeness (QED) is 0.785. The third-order valence-corrected chi connectivity index (χ3v) is 5.06. The first-order valence-corrected chi connectivity index (χ1v) is 9.36. The van der Waals surface area contributed by atoms with E-state index in [1.807, 2.05) is 19.0 Å². The number of nitrogens with zero attached hydrogens (tertiary/aromatic N) is 1. The van der Waals surface area contributed by atoms with Crippen LogP contribution in [0.15, 0.2) is 45.8 Å². The molecule has 2 rings (SSSR count). The monoisotopic (exact) mass is 414 g/mol. The number of sulfonamides is 1. The molecule has 0 fully saturated rings. The van der Waals surface area contributed by atoms with E-state index in [2.05, 4.69) is 15.9 Å². The lowest BCUT2D eigenvalue weighted by Crippen LogP contribution is -2.16. The molecular weight excluding hydrogens is 396 g/mol. The number of rotatable bonds is 6. The summed E-state index contributed by atoms with van der Waals surface area (Å²) in [5.74, 6) is 1.89. The molecule has 8 heteroatoms. The van der Waals surface area contributed by atoms with Crippen molar-refractivity contribution in [3.8, 4) is 17.2 Å². The van der Waals surface area contributed by atoms with Gasteiger partial charge in [-0.2, -0.15) is 0 Å². The summed E-state index contributed by atoms with van der Waals surface area (Å²) in [7, 11) is 1.53. The van der Waals surface area contributed by atoms with Gasteiger partial charge in [0.25, 0.3) is 0 Å². The van der Waals surface area contributed by atoms with Gasteiger partial charge >= 0.3 is 0 Å². The molecule has 0 aliphatic carbocycles. The second-order valence-corrected chi connectivity index (χ2v) is 7.83. The topological polar surface area (TPSA) is 81.9 Å². The van der Waals surface area contributed by atoms with E-state index in [0.29, 0.717) is 28.1 Å². The number of ether oxygens (including phenoxy) is 2. The zero-order chi connectivity index (χ0) is 17.9. The molecule has 0 heterocycles. The molecule has 0 radical (unpaired) electrons. The molecule has 24 heavy (non-hydrogen) atoms. The summed E-state index contributed by atoms with van der Waals surface area (Å²) >= 11 is 3.25. The van der Waals surface area contributed by atoms with Gasteiger partial charge < -0.3 is 14.4 Å². The molecule has 0 atom stereocenters. The summed E-state index contributed by atoms with van der Waals surface area (Å²) in [5.41, 5.74) is 0.711. The molecule has 2 aromatic rings. The highest BCUT2D eigenvalue weighted by atomic mass is 79.9. The van der Waals surface area contributed by atoms with E-state index < -0.39 is 10.0 Å². The second-order valence-electron chi connectivity index (χ2n) is 5.45. The molecule has 2 aromatic carbocycles. The van der Waals surface area contributed by atoms with E-state index in [0.717, 1.165) is 5.75 Å². The molecule has 0 bridgehead atoms. The molecule has 0 saturated carbocycles. The molecule has 2 N–H and O–H groups in total. The predicted octanol–water partition coefficient (Wildman–Crippen LogP) is 2.96. The molecule has 0 amide bonds. The standard InChI is InChI=1S/C16H19BrN2O4S/c1-19(2)10-11-8-16(24(18,20)21)14(17)9-15(11)23-13-6-4-12(22-3)5-7-13/h4-9H,10H2,1-3H3,(H2,18,20,21). The van der Waals surface area contributed by atoms with Crippen molar-refractivity contribution < 1.29 is 17.9 Å². The van der Waals surface area contributed by atoms with Crippen LogP contribution in [0.25, 0.3) is 0 Å². The van der Waals surface area contributed by atoms with Gasteiger partial charge in [-0.1, -0.05) is 0 Å². The van der Waals surface area contributed by atoms with Gasteiger partial charge in [-0.15, -0.1) is 0 Å². The van der Waals surface area contributed by atoms with Crippen LogP contribution < -0.4 is 14.6 Å². The maximum atomic E-state index is 11.7. The lowest BCUT2D eigenvalue weighted by Gasteiger charge is -2.17. The summed E-state index contributed by atoms with van der Waals surface area (Å²) in [5, 5.41) is 5.27. The van der Waals surface area contributed by atoms with Crippen LogP contribution in [0.4, 0.5) is 0 Å². The Morgan fingerprint density at radius 3 is 2.21 bits per heavy atom. The van der Waals surface area contributed by atoms with E-state index in [1.165, 1.54) is 6.07 Å². The smallest absolute Gasteiger partial charge is 0.239 e. The van der Waals surface area contributed by atoms with Gasteiger partial charge in [0.2, 0.25) is 10.0 Å². The van der Waals surface area contributed by atoms with Crippen LogP contribution in [0, 0.1) is 0 Å². The average Bonchev–Trinajstić information content (AvgIpc) is 2.49. The number of hydrogen-bond donors (Lipinski definition) is 1. The fourth-order valence-corrected chi connectivity index (χ4v) is 3.76. The van der Waals surface area contributed by atoms with E-state index in [9.17, 15) is 8.42 Å². The molecule has 0 saturated heterocycles. The SMILES string of the molecule is COc1ccc(Oc2cc(Br)c(S(N)(=O)=O)cc2CN(C)C)cc1. The van der Waals surface area contributed by atoms with Crippen LogP contribution in [0.1, 0.15) is 5.56 Å². The van der Waals surface area contributed by atoms with Gasteiger partial charge in [-0.25, -0.2) is 13.6 Å². The molecule has 0 aliphatic heterocycles. The Morgan fingerprint density at radius 1 is 1.12 bits per heavy atom. The minimum absolute atomic E-state index is 0.0291. The maximum Gasteiger partial charge on any atom is 0.239 e. The van der Waals surface area contributed by atoms with Crippen molar-refractivity contribution in [2.45, 2.75) is 11.4 Å². The Hall–Kier alpha value is -1.61. The van der Waals surface area contributed by atoms with Gasteiger partial charge in [-0.3, -0.25) is 0 Å². The van der Waals surface area contributed by atoms with Crippen molar-refractivity contribution in [1.29, 1.82) is 0 Å². The van der Waals surface area contributed by atoms with Gasteiger partial charge in [0.05, 0.1) is 12.0 Å². The third kappa shape index (κ3) is 4.70. The van der Waals surface area contributed by atoms with Crippen LogP contribution in [-0.2, 0) is 16.6 Å². The summed E-state index contributed by atoms with van der Waals surface area (Å²) < 4.78 is 34.8. The molecule has 0 aromatic heterocycles. The fraction of sp³-hybridized carbons (Fsp3) is 0.250. The van der Waals surface area contributed by atoms with Gasteiger partial charge in [-0.05, 0) is 66.4 Å². The van der Waals surface area contributed by atoms with Crippen LogP contribution >= 0.6 is 15.9 Å². The predicted molar refractivity (Wildman–Crippen MR) is 96.0 cm³/mol. The van der Waals surface area contributed by atoms with Crippen molar-refractivity contribution >= 4 is 26.0 Å². The van der Waals surface area contributed by atoms with Crippen LogP contribution in [-0.4, -0.2) is 34.5 Å². The summed E-state index contributed by atoms with van der Waals surface area (Å²) in [4.78, 5) is 1.94. The molecule has 0 spiro atoms. The third-order valence-electron chi connectivity index (χ3n) is 3.20. The van der Waals surface area contributed by atoms with Gasteiger partial charge in [0.15, 0.2) is 0 Å². The lowest BCUT2D eigenvalue weighted by atomic mass is 10.2. The number of halogens is 1. The zero-order valence-electron chi connectivity index (χ0n) is 13.6. The summed E-state index contributed by atoms with van der Waals surface area (Å²) in [6.45, 7) is 0.501. The second kappa shape index (κ2) is 7.52. The van der Waals surface area contributed by atoms with Crippen molar-refractivity contribution in [2.75, 3.05) is 21.2 Å². The highest BCUT2D eigenvalue weighted by Gasteiger charge is 2.18. The van der Waals surface area contributed by atoms with Crippen molar-refractivity contribution in [2.24, 2.45) is 5.14 Å². The minimum atomic E-state index is -3.83. The van der Waals surface area contributed by atoms with Crippen molar-refractivity contribution in [3.63, 3.8) is 0 Å². The summed E-state index contributed by atoms with van der Waals surface area (Å²) in [6, 6.07) is 10.3. The van der Waals surface area contributed by atoms with Crippen molar-refractivity contribution in [1.82, 2.24) is 4.90 Å². The highest BCUT2D eigenvalue weighted by Crippen LogP contribution is 2.34. The van der Waals surface area contributed by atoms with Crippen LogP contribution in [0.2, 0.25) is 0 Å². The number of methoxy groups -OCH3 is 1. The van der Waals surface area contributed by atoms with Crippen molar-refractivity contribution in [3.05, 3.63) is 46.4 Å². The molecule has 0 aliphatic rings. The zero-order valence-corrected chi connectivity index (χ0v) is 16.0. The first kappa shape index (κ1) is 18.7. The first-order valence-electron chi connectivity index (χ1n) is 7.02. The lowest BCUT2D eigenvalue weighted by molar-refractivity contribution is 0.387. The number of primary sulfonamides is 1. The van der Waals surface area contributed by atoms with Gasteiger partial charge in [0.1, 0.15) is 17.2 Å². The average molecular weight is 415 g/mol. The van der Waals surface area contributed by atoms with E-state index in [-0.39, 0.29) is 4.90 Å². The highest BCUT2D eigenvalue weighted by molar-refractivity contribution is 9.10. The Balaban J connectivity index is 2.44. The maximum absolute atomic E-state index is 11.7. The largest absolute Gasteiger partial charge is 0.497 e. The number of hydrogen-bond acceptors (Lipinski definition) is 5. The van der Waals surface area contributed by atoms with E-state index in [1.54, 1.807) is 37.4 Å². The molecule has 130 valence electrons. The van der Waals surface area contributed by atoms with Crippen LogP contribution in [0.3, 0.4) is 0 Å². The molecule has 0 unspecified atom stereocenters. The van der Waals surface area contributed by atoms with E-state index in [4.69, 9.17) is 14.6 Å². The first-order chi connectivity index (χ1) is 11.2. The van der Waals surface area contributed by atoms with Crippen LogP contribution in [0.5, 0.6) is 17.2 Å². The normalized spacial score (nSPS) is 11.6. The van der Waals surface area contributed by atoms with Gasteiger partial charge in [0, 0.05) is 16.6 Å². The van der Waals surface area contributed by atoms with E-state index >= 15 is 0 Å². The summed E-state index contributed by atoms with van der Waals surface area (Å²) in [6.07, 6.45) is 0. The molecular formula is C16H19BrN2O4S. The Labute approximate surface area is 150 Å². The number of nitrogens with two attached hydrogens (primary N) is 1. The molecule has 6 nitrogen and oxygen atoms in total. The Morgan fingerprint density at radius 2 is 1.71 bits per heavy atom. The minimum Gasteiger partial charge on any atom is -0.497 e. The Kier molecular flexibility index (Phi) is 5.87. The fourth-order valence-electron chi connectivity index (χ4n) is 2.13. The Bertz CT molecular complexity index is 821. The number of benzene rings is 2.